The van der Waals surface area contributed by atoms with Gasteiger partial charge in [0.25, 0.3) is 0 Å². The number of likely N-dealkylation sites (tertiary alicyclic amines) is 1. The topological polar surface area (TPSA) is 32.3 Å². The molecule has 24 heavy (non-hydrogen) atoms. The summed E-state index contributed by atoms with van der Waals surface area (Å²) in [6.45, 7) is 4.08. The molecule has 0 bridgehead atoms. The second-order valence-corrected chi connectivity index (χ2v) is 7.75. The molecule has 126 valence electrons. The van der Waals surface area contributed by atoms with E-state index in [1.807, 2.05) is 19.1 Å². The lowest BCUT2D eigenvalue weighted by Gasteiger charge is -2.18. The average Bonchev–Trinajstić information content (AvgIpc) is 3.14. The Bertz CT molecular complexity index is 741. The van der Waals surface area contributed by atoms with Gasteiger partial charge in [-0.1, -0.05) is 60.4 Å². The highest BCUT2D eigenvalue weighted by atomic mass is 32.2. The fourth-order valence-electron chi connectivity index (χ4n) is 2.96. The number of thioether (sulfide) groups is 1. The van der Waals surface area contributed by atoms with E-state index < -0.39 is 0 Å². The third-order valence-electron chi connectivity index (χ3n) is 4.34. The first kappa shape index (κ1) is 17.2. The van der Waals surface area contributed by atoms with Gasteiger partial charge in [-0.2, -0.15) is 0 Å². The third kappa shape index (κ3) is 4.28. The van der Waals surface area contributed by atoms with Crippen molar-refractivity contribution in [3.8, 4) is 0 Å². The summed E-state index contributed by atoms with van der Waals surface area (Å²) in [5.74, 6) is 0.412. The minimum atomic E-state index is -0.0111. The Morgan fingerprint density at radius 3 is 2.67 bits per heavy atom. The lowest BCUT2D eigenvalue weighted by molar-refractivity contribution is -0.119. The van der Waals surface area contributed by atoms with Crippen molar-refractivity contribution in [2.45, 2.75) is 25.8 Å². The van der Waals surface area contributed by atoms with Crippen LogP contribution in [0.15, 0.2) is 42.5 Å². The molecule has 1 saturated heterocycles. The minimum absolute atomic E-state index is 0.0111. The van der Waals surface area contributed by atoms with Crippen molar-refractivity contribution in [1.29, 1.82) is 0 Å². The molecule has 1 N–H and O–H groups in total. The Labute approximate surface area is 152 Å². The number of benzene rings is 2. The van der Waals surface area contributed by atoms with Crippen LogP contribution in [0, 0.1) is 0 Å². The predicted molar refractivity (Wildman–Crippen MR) is 106 cm³/mol. The zero-order chi connectivity index (χ0) is 16.9. The van der Waals surface area contributed by atoms with Gasteiger partial charge >= 0.3 is 0 Å². The standard InChI is InChI=1S/C19H22N2OS2/c1-14(16-9-8-15-6-2-3-7-17(15)12-16)20-18(22)13-24-19(23)21-10-4-5-11-21/h2-3,6-9,12,14H,4-5,10-11,13H2,1H3,(H,20,22). The molecule has 1 atom stereocenters. The summed E-state index contributed by atoms with van der Waals surface area (Å²) in [7, 11) is 0. The first-order valence-electron chi connectivity index (χ1n) is 8.33. The predicted octanol–water partition coefficient (Wildman–Crippen LogP) is 4.13. The van der Waals surface area contributed by atoms with Gasteiger partial charge < -0.3 is 10.2 Å². The molecule has 0 spiro atoms. The maximum atomic E-state index is 12.2. The lowest BCUT2D eigenvalue weighted by atomic mass is 10.0. The van der Waals surface area contributed by atoms with Crippen LogP contribution in [-0.2, 0) is 4.79 Å². The number of nitrogens with zero attached hydrogens (tertiary/aromatic N) is 1. The van der Waals surface area contributed by atoms with Gasteiger partial charge in [-0.3, -0.25) is 4.79 Å². The van der Waals surface area contributed by atoms with E-state index >= 15 is 0 Å². The highest BCUT2D eigenvalue weighted by Gasteiger charge is 2.17. The van der Waals surface area contributed by atoms with E-state index in [2.05, 4.69) is 40.5 Å². The zero-order valence-electron chi connectivity index (χ0n) is 13.8. The van der Waals surface area contributed by atoms with Crippen molar-refractivity contribution in [3.05, 3.63) is 48.0 Å². The summed E-state index contributed by atoms with van der Waals surface area (Å²) < 4.78 is 0.848. The largest absolute Gasteiger partial charge is 0.358 e. The molecule has 0 aromatic heterocycles. The van der Waals surface area contributed by atoms with Gasteiger partial charge in [-0.25, -0.2) is 0 Å². The van der Waals surface area contributed by atoms with Gasteiger partial charge in [0.15, 0.2) is 0 Å². The monoisotopic (exact) mass is 358 g/mol. The number of carbonyl (C=O) groups is 1. The molecule has 0 aliphatic carbocycles. The number of rotatable bonds is 4. The molecule has 2 aromatic rings. The molecule has 0 saturated carbocycles. The molecular formula is C19H22N2OS2. The molecule has 1 unspecified atom stereocenters. The smallest absolute Gasteiger partial charge is 0.230 e. The van der Waals surface area contributed by atoms with Gasteiger partial charge in [-0.05, 0) is 42.2 Å². The summed E-state index contributed by atoms with van der Waals surface area (Å²) in [6.07, 6.45) is 2.40. The SMILES string of the molecule is CC(NC(=O)CSC(=S)N1CCCC1)c1ccc2ccccc2c1. The summed E-state index contributed by atoms with van der Waals surface area (Å²) in [5, 5.41) is 5.48. The van der Waals surface area contributed by atoms with Crippen molar-refractivity contribution in [2.24, 2.45) is 0 Å². The molecule has 3 nitrogen and oxygen atoms in total. The third-order valence-corrected chi connectivity index (χ3v) is 5.87. The molecule has 2 aromatic carbocycles. The van der Waals surface area contributed by atoms with Crippen LogP contribution in [0.4, 0.5) is 0 Å². The van der Waals surface area contributed by atoms with E-state index in [-0.39, 0.29) is 11.9 Å². The van der Waals surface area contributed by atoms with E-state index in [1.165, 1.54) is 35.4 Å². The summed E-state index contributed by atoms with van der Waals surface area (Å²) in [5.41, 5.74) is 1.12. The number of carbonyl (C=O) groups excluding carboxylic acids is 1. The molecule has 1 heterocycles. The molecule has 3 rings (SSSR count). The van der Waals surface area contributed by atoms with Crippen LogP contribution < -0.4 is 5.32 Å². The van der Waals surface area contributed by atoms with Gasteiger partial charge in [0.05, 0.1) is 11.8 Å². The second-order valence-electron chi connectivity index (χ2n) is 6.14. The molecule has 1 fully saturated rings. The fourth-order valence-corrected chi connectivity index (χ4v) is 4.02. The van der Waals surface area contributed by atoms with Crippen molar-refractivity contribution in [1.82, 2.24) is 10.2 Å². The number of thiocarbonyl (C=S) groups is 1. The lowest BCUT2D eigenvalue weighted by Crippen LogP contribution is -2.30. The van der Waals surface area contributed by atoms with Crippen LogP contribution in [-0.4, -0.2) is 34.0 Å². The summed E-state index contributed by atoms with van der Waals surface area (Å²) in [4.78, 5) is 14.4. The average molecular weight is 359 g/mol. The Morgan fingerprint density at radius 2 is 1.92 bits per heavy atom. The maximum absolute atomic E-state index is 12.2. The minimum Gasteiger partial charge on any atom is -0.358 e. The Morgan fingerprint density at radius 1 is 1.21 bits per heavy atom. The van der Waals surface area contributed by atoms with Gasteiger partial charge in [-0.15, -0.1) is 0 Å². The van der Waals surface area contributed by atoms with E-state index in [0.717, 1.165) is 23.0 Å². The van der Waals surface area contributed by atoms with Crippen LogP contribution >= 0.6 is 24.0 Å². The van der Waals surface area contributed by atoms with E-state index in [1.54, 1.807) is 0 Å². The fraction of sp³-hybridized carbons (Fsp3) is 0.368. The van der Waals surface area contributed by atoms with Gasteiger partial charge in [0, 0.05) is 13.1 Å². The molecule has 5 heteroatoms. The number of hydrogen-bond acceptors (Lipinski definition) is 3. The van der Waals surface area contributed by atoms with Gasteiger partial charge in [0.2, 0.25) is 5.91 Å². The number of nitrogens with one attached hydrogen (secondary N) is 1. The first-order chi connectivity index (χ1) is 11.6. The molecule has 1 amide bonds. The Balaban J connectivity index is 1.53. The van der Waals surface area contributed by atoms with Gasteiger partial charge in [0.1, 0.15) is 4.32 Å². The highest BCUT2D eigenvalue weighted by molar-refractivity contribution is 8.23. The van der Waals surface area contributed by atoms with Crippen molar-refractivity contribution in [2.75, 3.05) is 18.8 Å². The number of fused-ring (bicyclic) bond motifs is 1. The zero-order valence-corrected chi connectivity index (χ0v) is 15.5. The second kappa shape index (κ2) is 7.99. The maximum Gasteiger partial charge on any atom is 0.230 e. The molecule has 1 aliphatic heterocycles. The van der Waals surface area contributed by atoms with E-state index in [0.29, 0.717) is 5.75 Å². The van der Waals surface area contributed by atoms with E-state index in [9.17, 15) is 4.79 Å². The van der Waals surface area contributed by atoms with Crippen molar-refractivity contribution >= 4 is 45.0 Å². The number of hydrogen-bond donors (Lipinski definition) is 1. The quantitative estimate of drug-likeness (QED) is 0.833. The van der Waals surface area contributed by atoms with Crippen LogP contribution in [0.1, 0.15) is 31.4 Å². The van der Waals surface area contributed by atoms with Crippen LogP contribution in [0.25, 0.3) is 10.8 Å². The van der Waals surface area contributed by atoms with Crippen molar-refractivity contribution in [3.63, 3.8) is 0 Å². The normalized spacial score (nSPS) is 15.5. The van der Waals surface area contributed by atoms with Crippen LogP contribution in [0.5, 0.6) is 0 Å². The van der Waals surface area contributed by atoms with Crippen LogP contribution in [0.3, 0.4) is 0 Å². The molecule has 0 radical (unpaired) electrons. The Kier molecular flexibility index (Phi) is 5.74. The molecular weight excluding hydrogens is 336 g/mol. The van der Waals surface area contributed by atoms with Crippen molar-refractivity contribution < 1.29 is 4.79 Å². The first-order valence-corrected chi connectivity index (χ1v) is 9.72. The van der Waals surface area contributed by atoms with Crippen LogP contribution in [0.2, 0.25) is 0 Å². The Hall–Kier alpha value is -1.59. The summed E-state index contributed by atoms with van der Waals surface area (Å²) >= 11 is 6.87. The highest BCUT2D eigenvalue weighted by Crippen LogP contribution is 2.21. The molecule has 1 aliphatic rings. The number of amides is 1. The summed E-state index contributed by atoms with van der Waals surface area (Å²) in [6, 6.07) is 14.6. The van der Waals surface area contributed by atoms with E-state index in [4.69, 9.17) is 12.2 Å².